The molecule has 1 saturated heterocycles. The second-order valence-electron chi connectivity index (χ2n) is 8.89. The first-order valence-electron chi connectivity index (χ1n) is 11.0. The van der Waals surface area contributed by atoms with Gasteiger partial charge in [0.25, 0.3) is 6.01 Å². The molecule has 0 bridgehead atoms. The molecule has 0 aliphatic carbocycles. The van der Waals surface area contributed by atoms with Gasteiger partial charge in [0.05, 0.1) is 13.7 Å². The van der Waals surface area contributed by atoms with Gasteiger partial charge in [0.2, 0.25) is 0 Å². The average Bonchev–Trinajstić information content (AvgIpc) is 3.05. The van der Waals surface area contributed by atoms with Gasteiger partial charge in [-0.3, -0.25) is 9.88 Å². The number of rotatable bonds is 8. The summed E-state index contributed by atoms with van der Waals surface area (Å²) in [6, 6.07) is 0.624. The minimum atomic E-state index is -0.685. The summed E-state index contributed by atoms with van der Waals surface area (Å²) >= 11 is 0. The molecule has 1 aliphatic heterocycles. The lowest BCUT2D eigenvalue weighted by Crippen LogP contribution is -2.43. The van der Waals surface area contributed by atoms with Crippen molar-refractivity contribution in [1.82, 2.24) is 24.8 Å². The second-order valence-corrected chi connectivity index (χ2v) is 8.89. The molecular formula is C21H34N6O5. The molecule has 11 nitrogen and oxygen atoms in total. The number of anilines is 1. The monoisotopic (exact) mass is 450 g/mol. The van der Waals surface area contributed by atoms with Crippen LogP contribution < -0.4 is 20.5 Å². The topological polar surface area (TPSA) is 136 Å². The van der Waals surface area contributed by atoms with E-state index in [0.717, 1.165) is 19.3 Å². The Morgan fingerprint density at radius 3 is 2.75 bits per heavy atom. The molecule has 0 amide bonds. The summed E-state index contributed by atoms with van der Waals surface area (Å²) in [4.78, 5) is 25.3. The summed E-state index contributed by atoms with van der Waals surface area (Å²) in [5, 5.41) is 3.21. The van der Waals surface area contributed by atoms with Crippen molar-refractivity contribution in [2.75, 3.05) is 26.0 Å². The maximum absolute atomic E-state index is 12.0. The lowest BCUT2D eigenvalue weighted by Gasteiger charge is -2.31. The van der Waals surface area contributed by atoms with Crippen LogP contribution >= 0.6 is 0 Å². The number of fused-ring (bicyclic) bond motifs is 1. The van der Waals surface area contributed by atoms with E-state index in [0.29, 0.717) is 43.3 Å². The molecule has 11 heteroatoms. The Kier molecular flexibility index (Phi) is 7.60. The molecule has 2 unspecified atom stereocenters. The van der Waals surface area contributed by atoms with Gasteiger partial charge >= 0.3 is 12.2 Å². The fourth-order valence-electron chi connectivity index (χ4n) is 3.53. The van der Waals surface area contributed by atoms with E-state index >= 15 is 0 Å². The number of imidazole rings is 1. The molecule has 32 heavy (non-hydrogen) atoms. The standard InChI is InChI=1S/C21H34N6O5/c1-6-7-10-30-18-25-16(22)15-17(26-18)27(19(24-15)29-5)12-13-8-9-23-14(11-13)31-20(28)32-21(2,3)4/h13-14,23H,6-12H2,1-5H3,(H2,22,25,26). The molecule has 2 atom stereocenters. The van der Waals surface area contributed by atoms with Crippen LogP contribution in [0.25, 0.3) is 11.2 Å². The smallest absolute Gasteiger partial charge is 0.468 e. The van der Waals surface area contributed by atoms with E-state index in [-0.39, 0.29) is 17.7 Å². The Hall–Kier alpha value is -2.82. The zero-order valence-corrected chi connectivity index (χ0v) is 19.5. The minimum absolute atomic E-state index is 0.190. The molecular weight excluding hydrogens is 416 g/mol. The number of methoxy groups -OCH3 is 1. The number of nitrogens with two attached hydrogens (primary N) is 1. The molecule has 1 aliphatic rings. The lowest BCUT2D eigenvalue weighted by molar-refractivity contribution is -0.0451. The van der Waals surface area contributed by atoms with Crippen molar-refractivity contribution in [2.45, 2.75) is 71.8 Å². The van der Waals surface area contributed by atoms with Gasteiger partial charge in [-0.1, -0.05) is 13.3 Å². The highest BCUT2D eigenvalue weighted by atomic mass is 16.7. The van der Waals surface area contributed by atoms with Gasteiger partial charge in [-0.2, -0.15) is 15.0 Å². The molecule has 3 heterocycles. The molecule has 0 spiro atoms. The number of piperidine rings is 1. The van der Waals surface area contributed by atoms with Crippen LogP contribution in [0.3, 0.4) is 0 Å². The maximum Gasteiger partial charge on any atom is 0.510 e. The zero-order valence-electron chi connectivity index (χ0n) is 19.5. The van der Waals surface area contributed by atoms with Crippen LogP contribution in [0, 0.1) is 5.92 Å². The van der Waals surface area contributed by atoms with Crippen molar-refractivity contribution in [3.8, 4) is 12.0 Å². The predicted octanol–water partition coefficient (Wildman–Crippen LogP) is 2.87. The normalized spacial score (nSPS) is 19.0. The van der Waals surface area contributed by atoms with Gasteiger partial charge in [-0.05, 0) is 46.1 Å². The van der Waals surface area contributed by atoms with E-state index in [1.165, 1.54) is 0 Å². The van der Waals surface area contributed by atoms with Gasteiger partial charge in [0, 0.05) is 13.0 Å². The summed E-state index contributed by atoms with van der Waals surface area (Å²) < 4.78 is 23.7. The van der Waals surface area contributed by atoms with Crippen LogP contribution in [0.15, 0.2) is 0 Å². The van der Waals surface area contributed by atoms with Crippen LogP contribution in [0.5, 0.6) is 12.0 Å². The molecule has 0 aromatic carbocycles. The van der Waals surface area contributed by atoms with Crippen LogP contribution in [0.2, 0.25) is 0 Å². The van der Waals surface area contributed by atoms with Crippen LogP contribution in [0.1, 0.15) is 53.4 Å². The maximum atomic E-state index is 12.0. The number of aromatic nitrogens is 4. The first-order chi connectivity index (χ1) is 15.2. The number of unbranched alkanes of at least 4 members (excludes halogenated alkanes) is 1. The Morgan fingerprint density at radius 2 is 2.06 bits per heavy atom. The molecule has 0 radical (unpaired) electrons. The Balaban J connectivity index is 1.75. The fourth-order valence-corrected chi connectivity index (χ4v) is 3.53. The Labute approximate surface area is 188 Å². The van der Waals surface area contributed by atoms with Gasteiger partial charge in [0.1, 0.15) is 5.60 Å². The first kappa shape index (κ1) is 23.8. The summed E-state index contributed by atoms with van der Waals surface area (Å²) in [7, 11) is 1.55. The van der Waals surface area contributed by atoms with Crippen molar-refractivity contribution in [1.29, 1.82) is 0 Å². The highest BCUT2D eigenvalue weighted by Gasteiger charge is 2.29. The number of hydrogen-bond donors (Lipinski definition) is 2. The lowest BCUT2D eigenvalue weighted by atomic mass is 9.97. The van der Waals surface area contributed by atoms with Crippen molar-refractivity contribution in [3.05, 3.63) is 0 Å². The van der Waals surface area contributed by atoms with E-state index in [9.17, 15) is 4.79 Å². The summed E-state index contributed by atoms with van der Waals surface area (Å²) in [6.45, 7) is 9.28. The molecule has 2 aromatic heterocycles. The second kappa shape index (κ2) is 10.2. The van der Waals surface area contributed by atoms with Crippen molar-refractivity contribution >= 4 is 23.1 Å². The number of nitrogens with zero attached hydrogens (tertiary/aromatic N) is 4. The number of ether oxygens (including phenoxy) is 4. The van der Waals surface area contributed by atoms with E-state index in [1.54, 1.807) is 27.9 Å². The van der Waals surface area contributed by atoms with Gasteiger partial charge in [-0.15, -0.1) is 0 Å². The van der Waals surface area contributed by atoms with Crippen molar-refractivity contribution in [2.24, 2.45) is 5.92 Å². The summed E-state index contributed by atoms with van der Waals surface area (Å²) in [5.74, 6) is 0.436. The average molecular weight is 451 g/mol. The fraction of sp³-hybridized carbons (Fsp3) is 0.714. The highest BCUT2D eigenvalue weighted by Crippen LogP contribution is 2.29. The zero-order chi connectivity index (χ0) is 23.3. The van der Waals surface area contributed by atoms with Gasteiger partial charge < -0.3 is 24.7 Å². The molecule has 0 saturated carbocycles. The van der Waals surface area contributed by atoms with Gasteiger partial charge in [-0.25, -0.2) is 4.79 Å². The van der Waals surface area contributed by atoms with Crippen molar-refractivity contribution < 1.29 is 23.7 Å². The number of carbonyl (C=O) groups excluding carboxylic acids is 1. The third-order valence-corrected chi connectivity index (χ3v) is 5.02. The Morgan fingerprint density at radius 1 is 1.28 bits per heavy atom. The van der Waals surface area contributed by atoms with E-state index < -0.39 is 18.0 Å². The molecule has 2 aromatic rings. The predicted molar refractivity (Wildman–Crippen MR) is 119 cm³/mol. The third-order valence-electron chi connectivity index (χ3n) is 5.02. The first-order valence-corrected chi connectivity index (χ1v) is 11.0. The molecule has 178 valence electrons. The van der Waals surface area contributed by atoms with E-state index in [2.05, 4.69) is 27.2 Å². The number of carbonyl (C=O) groups is 1. The summed E-state index contributed by atoms with van der Waals surface area (Å²) in [5.41, 5.74) is 6.54. The van der Waals surface area contributed by atoms with Crippen LogP contribution in [0.4, 0.5) is 10.6 Å². The van der Waals surface area contributed by atoms with Crippen LogP contribution in [-0.2, 0) is 16.0 Å². The third kappa shape index (κ3) is 6.12. The summed E-state index contributed by atoms with van der Waals surface area (Å²) in [6.07, 6.45) is 2.29. The minimum Gasteiger partial charge on any atom is -0.468 e. The number of nitrogen functional groups attached to an aromatic ring is 1. The number of hydrogen-bond acceptors (Lipinski definition) is 10. The largest absolute Gasteiger partial charge is 0.510 e. The SMILES string of the molecule is CCCCOc1nc(N)c2nc(OC)n(CC3CCNC(OC(=O)OC(C)(C)C)C3)c2n1. The molecule has 3 N–H and O–H groups in total. The van der Waals surface area contributed by atoms with Gasteiger partial charge in [0.15, 0.2) is 23.2 Å². The highest BCUT2D eigenvalue weighted by molar-refractivity contribution is 5.83. The van der Waals surface area contributed by atoms with Crippen molar-refractivity contribution in [3.63, 3.8) is 0 Å². The van der Waals surface area contributed by atoms with E-state index in [4.69, 9.17) is 24.7 Å². The van der Waals surface area contributed by atoms with Crippen LogP contribution in [-0.4, -0.2) is 57.8 Å². The molecule has 3 rings (SSSR count). The Bertz CT molecular complexity index is 926. The number of nitrogens with one attached hydrogen (secondary N) is 1. The quantitative estimate of drug-likeness (QED) is 0.456. The van der Waals surface area contributed by atoms with E-state index in [1.807, 2.05) is 4.57 Å². The molecule has 1 fully saturated rings.